The zero-order valence-corrected chi connectivity index (χ0v) is 10.5. The second kappa shape index (κ2) is 3.62. The van der Waals surface area contributed by atoms with Crippen LogP contribution in [0.2, 0.25) is 0 Å². The van der Waals surface area contributed by atoms with E-state index in [1.165, 1.54) is 20.5 Å². The van der Waals surface area contributed by atoms with Gasteiger partial charge in [-0.05, 0) is 44.8 Å². The molecule has 80 valence electrons. The molecule has 0 aliphatic carbocycles. The minimum absolute atomic E-state index is 0.0633. The zero-order valence-electron chi connectivity index (χ0n) is 9.72. The Balaban J connectivity index is 2.68. The van der Waals surface area contributed by atoms with Crippen molar-refractivity contribution in [1.82, 2.24) is 5.32 Å². The zero-order chi connectivity index (χ0) is 11.1. The van der Waals surface area contributed by atoms with Crippen molar-refractivity contribution in [2.45, 2.75) is 26.3 Å². The molecule has 1 nitrogen and oxygen atoms in total. The molecule has 0 amide bonds. The van der Waals surface area contributed by atoms with Crippen molar-refractivity contribution >= 4 is 21.4 Å². The van der Waals surface area contributed by atoms with Crippen LogP contribution in [0.15, 0.2) is 24.3 Å². The second-order valence-electron chi connectivity index (χ2n) is 4.43. The van der Waals surface area contributed by atoms with Crippen LogP contribution >= 0.6 is 11.3 Å². The predicted octanol–water partition coefficient (Wildman–Crippen LogP) is 3.66. The normalized spacial score (nSPS) is 12.3. The van der Waals surface area contributed by atoms with E-state index in [0.29, 0.717) is 0 Å². The molecule has 0 bridgehead atoms. The van der Waals surface area contributed by atoms with Gasteiger partial charge in [-0.3, -0.25) is 0 Å². The van der Waals surface area contributed by atoms with Gasteiger partial charge in [0, 0.05) is 15.1 Å². The number of rotatable bonds is 2. The monoisotopic (exact) mass is 219 g/mol. The second-order valence-corrected chi connectivity index (χ2v) is 5.48. The van der Waals surface area contributed by atoms with E-state index in [2.05, 4.69) is 50.4 Å². The highest BCUT2D eigenvalue weighted by Gasteiger charge is 2.23. The average molecular weight is 219 g/mol. The van der Waals surface area contributed by atoms with Gasteiger partial charge in [0.1, 0.15) is 0 Å². The molecule has 0 aliphatic rings. The van der Waals surface area contributed by atoms with Crippen molar-refractivity contribution < 1.29 is 0 Å². The molecule has 2 rings (SSSR count). The van der Waals surface area contributed by atoms with Crippen molar-refractivity contribution in [3.05, 3.63) is 34.7 Å². The Hall–Kier alpha value is -0.860. The third-order valence-corrected chi connectivity index (χ3v) is 4.63. The van der Waals surface area contributed by atoms with Gasteiger partial charge in [0.2, 0.25) is 0 Å². The highest BCUT2D eigenvalue weighted by molar-refractivity contribution is 7.19. The molecule has 0 saturated heterocycles. The Morgan fingerprint density at radius 1 is 1.20 bits per heavy atom. The van der Waals surface area contributed by atoms with Crippen LogP contribution in [0.1, 0.15) is 24.3 Å². The average Bonchev–Trinajstić information content (AvgIpc) is 2.58. The molecule has 0 unspecified atom stereocenters. The van der Waals surface area contributed by atoms with E-state index in [-0.39, 0.29) is 5.54 Å². The molecule has 0 atom stereocenters. The molecular formula is C13H17NS. The lowest BCUT2D eigenvalue weighted by molar-refractivity contribution is 0.452. The molecule has 15 heavy (non-hydrogen) atoms. The minimum atomic E-state index is 0.0633. The summed E-state index contributed by atoms with van der Waals surface area (Å²) in [4.78, 5) is 1.44. The van der Waals surface area contributed by atoms with E-state index in [9.17, 15) is 0 Å². The molecule has 0 radical (unpaired) electrons. The summed E-state index contributed by atoms with van der Waals surface area (Å²) >= 11 is 1.89. The Morgan fingerprint density at radius 3 is 2.47 bits per heavy atom. The molecule has 0 saturated carbocycles. The first-order valence-corrected chi connectivity index (χ1v) is 6.05. The summed E-state index contributed by atoms with van der Waals surface area (Å²) < 4.78 is 1.38. The molecule has 1 heterocycles. The van der Waals surface area contributed by atoms with Crippen LogP contribution in [0.4, 0.5) is 0 Å². The fourth-order valence-electron chi connectivity index (χ4n) is 1.88. The highest BCUT2D eigenvalue weighted by atomic mass is 32.1. The Bertz CT molecular complexity index is 482. The first-order valence-electron chi connectivity index (χ1n) is 5.24. The largest absolute Gasteiger partial charge is 0.310 e. The number of hydrogen-bond donors (Lipinski definition) is 1. The third kappa shape index (κ3) is 1.68. The van der Waals surface area contributed by atoms with E-state index >= 15 is 0 Å². The number of thiophene rings is 1. The molecule has 2 aromatic rings. The minimum Gasteiger partial charge on any atom is -0.310 e. The van der Waals surface area contributed by atoms with Gasteiger partial charge >= 0.3 is 0 Å². The molecule has 0 aliphatic heterocycles. The van der Waals surface area contributed by atoms with Gasteiger partial charge in [-0.1, -0.05) is 18.2 Å². The quantitative estimate of drug-likeness (QED) is 0.812. The number of benzene rings is 1. The Morgan fingerprint density at radius 2 is 1.87 bits per heavy atom. The molecule has 1 aromatic heterocycles. The number of aryl methyl sites for hydroxylation is 1. The van der Waals surface area contributed by atoms with Crippen LogP contribution in [0.3, 0.4) is 0 Å². The maximum atomic E-state index is 3.37. The summed E-state index contributed by atoms with van der Waals surface area (Å²) in [7, 11) is 2.02. The van der Waals surface area contributed by atoms with E-state index in [1.54, 1.807) is 0 Å². The van der Waals surface area contributed by atoms with Gasteiger partial charge in [0.05, 0.1) is 0 Å². The van der Waals surface area contributed by atoms with Crippen molar-refractivity contribution in [1.29, 1.82) is 0 Å². The maximum absolute atomic E-state index is 3.37. The van der Waals surface area contributed by atoms with Crippen LogP contribution in [0, 0.1) is 6.92 Å². The van der Waals surface area contributed by atoms with Crippen LogP contribution in [-0.4, -0.2) is 7.05 Å². The molecule has 0 spiro atoms. The fourth-order valence-corrected chi connectivity index (χ4v) is 3.20. The van der Waals surface area contributed by atoms with Crippen molar-refractivity contribution in [2.24, 2.45) is 0 Å². The summed E-state index contributed by atoms with van der Waals surface area (Å²) in [5, 5.41) is 4.76. The van der Waals surface area contributed by atoms with Gasteiger partial charge in [-0.15, -0.1) is 11.3 Å². The standard InChI is InChI=1S/C13H17NS/c1-9-10-7-5-6-8-11(10)15-12(9)13(2,3)14-4/h5-8,14H,1-4H3. The molecular weight excluding hydrogens is 202 g/mol. The molecule has 2 heteroatoms. The summed E-state index contributed by atoms with van der Waals surface area (Å²) in [6.07, 6.45) is 0. The SMILES string of the molecule is CNC(C)(C)c1sc2ccccc2c1C. The van der Waals surface area contributed by atoms with Gasteiger partial charge in [0.25, 0.3) is 0 Å². The summed E-state index contributed by atoms with van der Waals surface area (Å²) in [6.45, 7) is 6.67. The lowest BCUT2D eigenvalue weighted by Gasteiger charge is -2.23. The highest BCUT2D eigenvalue weighted by Crippen LogP contribution is 2.36. The van der Waals surface area contributed by atoms with Crippen molar-refractivity contribution in [3.63, 3.8) is 0 Å². The number of nitrogens with one attached hydrogen (secondary N) is 1. The van der Waals surface area contributed by atoms with Gasteiger partial charge in [-0.25, -0.2) is 0 Å². The first-order chi connectivity index (χ1) is 7.06. The van der Waals surface area contributed by atoms with E-state index < -0.39 is 0 Å². The lowest BCUT2D eigenvalue weighted by atomic mass is 9.98. The smallest absolute Gasteiger partial charge is 0.0472 e. The molecule has 1 N–H and O–H groups in total. The fraction of sp³-hybridized carbons (Fsp3) is 0.385. The number of hydrogen-bond acceptors (Lipinski definition) is 2. The van der Waals surface area contributed by atoms with Gasteiger partial charge in [0.15, 0.2) is 0 Å². The third-order valence-electron chi connectivity index (χ3n) is 3.04. The summed E-state index contributed by atoms with van der Waals surface area (Å²) in [5.41, 5.74) is 1.48. The maximum Gasteiger partial charge on any atom is 0.0472 e. The van der Waals surface area contributed by atoms with Crippen LogP contribution in [0.5, 0.6) is 0 Å². The summed E-state index contributed by atoms with van der Waals surface area (Å²) in [5.74, 6) is 0. The Kier molecular flexibility index (Phi) is 2.57. The van der Waals surface area contributed by atoms with Crippen LogP contribution in [0.25, 0.3) is 10.1 Å². The molecule has 1 aromatic carbocycles. The van der Waals surface area contributed by atoms with Crippen molar-refractivity contribution in [2.75, 3.05) is 7.05 Å². The van der Waals surface area contributed by atoms with Crippen LogP contribution in [-0.2, 0) is 5.54 Å². The Labute approximate surface area is 95.1 Å². The van der Waals surface area contributed by atoms with E-state index in [1.807, 2.05) is 18.4 Å². The summed E-state index contributed by atoms with van der Waals surface area (Å²) in [6, 6.07) is 8.62. The van der Waals surface area contributed by atoms with Crippen LogP contribution < -0.4 is 5.32 Å². The predicted molar refractivity (Wildman–Crippen MR) is 68.6 cm³/mol. The molecule has 0 fully saturated rings. The van der Waals surface area contributed by atoms with Crippen molar-refractivity contribution in [3.8, 4) is 0 Å². The topological polar surface area (TPSA) is 12.0 Å². The van der Waals surface area contributed by atoms with Gasteiger partial charge < -0.3 is 5.32 Å². The lowest BCUT2D eigenvalue weighted by Crippen LogP contribution is -2.32. The van der Waals surface area contributed by atoms with E-state index in [0.717, 1.165) is 0 Å². The van der Waals surface area contributed by atoms with Gasteiger partial charge in [-0.2, -0.15) is 0 Å². The first kappa shape index (κ1) is 10.7. The number of fused-ring (bicyclic) bond motifs is 1. The van der Waals surface area contributed by atoms with E-state index in [4.69, 9.17) is 0 Å².